The van der Waals surface area contributed by atoms with Crippen LogP contribution >= 0.6 is 0 Å². The van der Waals surface area contributed by atoms with E-state index < -0.39 is 23.8 Å². The molecule has 35 heavy (non-hydrogen) atoms. The number of rotatable bonds is 12. The van der Waals surface area contributed by atoms with Crippen LogP contribution in [0.1, 0.15) is 45.3 Å². The molecule has 0 spiro atoms. The third-order valence-electron chi connectivity index (χ3n) is 5.16. The van der Waals surface area contributed by atoms with Gasteiger partial charge in [0.15, 0.2) is 0 Å². The first-order chi connectivity index (χ1) is 16.7. The molecule has 0 aromatic heterocycles. The number of benzene rings is 2. The molecule has 2 aromatic rings. The highest BCUT2D eigenvalue weighted by Gasteiger charge is 2.24. The first kappa shape index (κ1) is 27.8. The number of ether oxygens (including phenoxy) is 3. The average molecular weight is 492 g/mol. The van der Waals surface area contributed by atoms with Gasteiger partial charge in [0.1, 0.15) is 30.1 Å². The summed E-state index contributed by atoms with van der Waals surface area (Å²) in [5.74, 6) is -1.71. The molecule has 0 fully saturated rings. The lowest BCUT2D eigenvalue weighted by atomic mass is 9.92. The number of aliphatic hydroxyl groups excluding tert-OH is 1. The summed E-state index contributed by atoms with van der Waals surface area (Å²) < 4.78 is 43.1. The molecule has 0 radical (unpaired) electrons. The molecule has 0 aliphatic carbocycles. The van der Waals surface area contributed by atoms with Gasteiger partial charge in [-0.25, -0.2) is 18.4 Å². The maximum Gasteiger partial charge on any atom is 0.412 e. The van der Waals surface area contributed by atoms with E-state index >= 15 is 0 Å². The van der Waals surface area contributed by atoms with E-state index in [2.05, 4.69) is 5.32 Å². The minimum atomic E-state index is -0.920. The molecule has 2 aromatic carbocycles. The highest BCUT2D eigenvalue weighted by Crippen LogP contribution is 2.31. The zero-order chi connectivity index (χ0) is 25.8. The molecule has 0 aliphatic heterocycles. The molecule has 2 rings (SSSR count). The fraction of sp³-hybridized carbons (Fsp3) is 0.385. The van der Waals surface area contributed by atoms with Crippen LogP contribution in [0.5, 0.6) is 5.75 Å². The Morgan fingerprint density at radius 2 is 1.86 bits per heavy atom. The molecular weight excluding hydrogens is 460 g/mol. The molecule has 0 heterocycles. The second-order valence-electron chi connectivity index (χ2n) is 7.88. The molecule has 0 unspecified atom stereocenters. The number of esters is 1. The summed E-state index contributed by atoms with van der Waals surface area (Å²) >= 11 is 0. The Bertz CT molecular complexity index is 1010. The number of nitrogens with one attached hydrogen (secondary N) is 1. The van der Waals surface area contributed by atoms with Gasteiger partial charge in [0.2, 0.25) is 0 Å². The van der Waals surface area contributed by atoms with E-state index in [0.717, 1.165) is 12.1 Å². The van der Waals surface area contributed by atoms with Crippen molar-refractivity contribution in [3.63, 3.8) is 0 Å². The van der Waals surface area contributed by atoms with E-state index in [9.17, 15) is 18.4 Å². The summed E-state index contributed by atoms with van der Waals surface area (Å²) in [5.41, 5.74) is 0.963. The van der Waals surface area contributed by atoms with Crippen molar-refractivity contribution in [2.75, 3.05) is 25.1 Å². The van der Waals surface area contributed by atoms with Crippen molar-refractivity contribution < 1.29 is 37.7 Å². The molecule has 1 amide bonds. The standard InChI is InChI=1S/C26H31F2NO6/c1-4-33-25(31)18(3)7-5-6-17(2)24(19-8-11-21(12-9-19)34-15-14-30)35-26(32)29-23-13-10-20(27)16-22(23)28/h7-13,16-17,24,30H,4-6,14-15H2,1-3H3,(H,29,32)/b18-7+/t17-,24+/m0/s1. The van der Waals surface area contributed by atoms with Crippen molar-refractivity contribution in [1.82, 2.24) is 0 Å². The van der Waals surface area contributed by atoms with Crippen LogP contribution in [-0.4, -0.2) is 37.0 Å². The molecule has 9 heteroatoms. The van der Waals surface area contributed by atoms with Gasteiger partial charge in [-0.3, -0.25) is 5.32 Å². The third-order valence-corrected chi connectivity index (χ3v) is 5.16. The van der Waals surface area contributed by atoms with Crippen LogP contribution in [-0.2, 0) is 14.3 Å². The fourth-order valence-corrected chi connectivity index (χ4v) is 3.32. The lowest BCUT2D eigenvalue weighted by molar-refractivity contribution is -0.138. The van der Waals surface area contributed by atoms with Gasteiger partial charge in [0.05, 0.1) is 18.9 Å². The summed E-state index contributed by atoms with van der Waals surface area (Å²) in [6.45, 7) is 5.61. The van der Waals surface area contributed by atoms with Crippen LogP contribution in [0.15, 0.2) is 54.1 Å². The van der Waals surface area contributed by atoms with Crippen LogP contribution in [0.25, 0.3) is 0 Å². The van der Waals surface area contributed by atoms with E-state index in [4.69, 9.17) is 19.3 Å². The number of halogens is 2. The molecule has 0 aliphatic rings. The van der Waals surface area contributed by atoms with Crippen LogP contribution in [0.3, 0.4) is 0 Å². The minimum absolute atomic E-state index is 0.122. The van der Waals surface area contributed by atoms with Crippen LogP contribution < -0.4 is 10.1 Å². The molecule has 0 bridgehead atoms. The smallest absolute Gasteiger partial charge is 0.412 e. The van der Waals surface area contributed by atoms with Crippen molar-refractivity contribution >= 4 is 17.7 Å². The third kappa shape index (κ3) is 9.01. The van der Waals surface area contributed by atoms with Crippen molar-refractivity contribution in [3.05, 3.63) is 71.3 Å². The highest BCUT2D eigenvalue weighted by atomic mass is 19.1. The van der Waals surface area contributed by atoms with Gasteiger partial charge in [-0.2, -0.15) is 0 Å². The monoisotopic (exact) mass is 491 g/mol. The summed E-state index contributed by atoms with van der Waals surface area (Å²) in [6.07, 6.45) is 1.28. The van der Waals surface area contributed by atoms with Crippen molar-refractivity contribution in [2.24, 2.45) is 5.92 Å². The number of carbonyl (C=O) groups is 2. The first-order valence-corrected chi connectivity index (χ1v) is 11.3. The predicted molar refractivity (Wildman–Crippen MR) is 127 cm³/mol. The number of aliphatic hydroxyl groups is 1. The maximum atomic E-state index is 14.0. The van der Waals surface area contributed by atoms with Crippen molar-refractivity contribution in [3.8, 4) is 5.75 Å². The topological polar surface area (TPSA) is 94.1 Å². The molecular formula is C26H31F2NO6. The fourth-order valence-electron chi connectivity index (χ4n) is 3.32. The zero-order valence-corrected chi connectivity index (χ0v) is 20.1. The second-order valence-corrected chi connectivity index (χ2v) is 7.88. The Kier molecular flexibility index (Phi) is 11.2. The van der Waals surface area contributed by atoms with Gasteiger partial charge >= 0.3 is 12.1 Å². The summed E-state index contributed by atoms with van der Waals surface area (Å²) in [7, 11) is 0. The van der Waals surface area contributed by atoms with Gasteiger partial charge in [0.25, 0.3) is 0 Å². The quantitative estimate of drug-likeness (QED) is 0.299. The van der Waals surface area contributed by atoms with Crippen LogP contribution in [0, 0.1) is 17.6 Å². The van der Waals surface area contributed by atoms with Gasteiger partial charge < -0.3 is 19.3 Å². The van der Waals surface area contributed by atoms with E-state index in [0.29, 0.717) is 35.8 Å². The summed E-state index contributed by atoms with van der Waals surface area (Å²) in [4.78, 5) is 24.4. The number of hydrogen-bond donors (Lipinski definition) is 2. The number of anilines is 1. The van der Waals surface area contributed by atoms with Gasteiger partial charge in [-0.15, -0.1) is 0 Å². The number of allylic oxidation sites excluding steroid dienone is 1. The van der Waals surface area contributed by atoms with Gasteiger partial charge in [-0.05, 0) is 62.4 Å². The van der Waals surface area contributed by atoms with E-state index in [1.807, 2.05) is 6.92 Å². The van der Waals surface area contributed by atoms with Gasteiger partial charge in [-0.1, -0.05) is 25.1 Å². The average Bonchev–Trinajstić information content (AvgIpc) is 2.83. The Balaban J connectivity index is 2.15. The SMILES string of the molecule is CCOC(=O)/C(C)=C/CC[C@H](C)[C@@H](OC(=O)Nc1ccc(F)cc1F)c1ccc(OCCO)cc1. The van der Waals surface area contributed by atoms with E-state index in [1.165, 1.54) is 0 Å². The number of carbonyl (C=O) groups excluding carboxylic acids is 2. The minimum Gasteiger partial charge on any atom is -0.491 e. The number of hydrogen-bond acceptors (Lipinski definition) is 6. The molecule has 0 saturated heterocycles. The Hall–Kier alpha value is -3.46. The molecule has 7 nitrogen and oxygen atoms in total. The van der Waals surface area contributed by atoms with Crippen LogP contribution in [0.4, 0.5) is 19.3 Å². The zero-order valence-electron chi connectivity index (χ0n) is 20.1. The summed E-state index contributed by atoms with van der Waals surface area (Å²) in [6, 6.07) is 9.66. The molecule has 2 N–H and O–H groups in total. The van der Waals surface area contributed by atoms with Crippen LogP contribution in [0.2, 0.25) is 0 Å². The van der Waals surface area contributed by atoms with E-state index in [-0.39, 0.29) is 37.4 Å². The van der Waals surface area contributed by atoms with E-state index in [1.54, 1.807) is 44.2 Å². The first-order valence-electron chi connectivity index (χ1n) is 11.3. The predicted octanol–water partition coefficient (Wildman–Crippen LogP) is 5.55. The van der Waals surface area contributed by atoms with Crippen molar-refractivity contribution in [1.29, 1.82) is 0 Å². The molecule has 190 valence electrons. The molecule has 0 saturated carbocycles. The lowest BCUT2D eigenvalue weighted by Crippen LogP contribution is -2.22. The lowest BCUT2D eigenvalue weighted by Gasteiger charge is -2.25. The normalized spacial score (nSPS) is 13.0. The second kappa shape index (κ2) is 14.1. The molecule has 2 atom stereocenters. The largest absolute Gasteiger partial charge is 0.491 e. The van der Waals surface area contributed by atoms with Crippen molar-refractivity contribution in [2.45, 2.75) is 39.7 Å². The number of amides is 1. The Labute approximate surface area is 203 Å². The highest BCUT2D eigenvalue weighted by molar-refractivity contribution is 5.87. The Morgan fingerprint density at radius 3 is 2.49 bits per heavy atom. The Morgan fingerprint density at radius 1 is 1.14 bits per heavy atom. The van der Waals surface area contributed by atoms with Gasteiger partial charge in [0, 0.05) is 11.6 Å². The summed E-state index contributed by atoms with van der Waals surface area (Å²) in [5, 5.41) is 11.2. The maximum absolute atomic E-state index is 14.0.